The van der Waals surface area contributed by atoms with E-state index < -0.39 is 5.82 Å². The lowest BCUT2D eigenvalue weighted by atomic mass is 10.2. The van der Waals surface area contributed by atoms with Crippen molar-refractivity contribution in [3.8, 4) is 11.5 Å². The molecule has 0 bridgehead atoms. The summed E-state index contributed by atoms with van der Waals surface area (Å²) in [6, 6.07) is 8.26. The first-order valence-corrected chi connectivity index (χ1v) is 9.63. The topological polar surface area (TPSA) is 74.1 Å². The summed E-state index contributed by atoms with van der Waals surface area (Å²) in [5, 5.41) is 14.7. The Kier molecular flexibility index (Phi) is 6.69. The Morgan fingerprint density at radius 3 is 2.79 bits per heavy atom. The molecule has 28 heavy (non-hydrogen) atoms. The summed E-state index contributed by atoms with van der Waals surface area (Å²) in [6.07, 6.45) is 0. The average molecular weight is 471 g/mol. The molecule has 0 spiro atoms. The van der Waals surface area contributed by atoms with E-state index in [-0.39, 0.29) is 6.61 Å². The number of rotatable bonds is 8. The van der Waals surface area contributed by atoms with Crippen LogP contribution in [0.1, 0.15) is 18.1 Å². The predicted molar refractivity (Wildman–Crippen MR) is 107 cm³/mol. The Balaban J connectivity index is 1.79. The molecule has 1 heterocycles. The van der Waals surface area contributed by atoms with Gasteiger partial charge in [0.1, 0.15) is 12.4 Å². The van der Waals surface area contributed by atoms with E-state index in [4.69, 9.17) is 21.1 Å². The van der Waals surface area contributed by atoms with Gasteiger partial charge in [0.15, 0.2) is 11.5 Å². The molecule has 1 N–H and O–H groups in total. The predicted octanol–water partition coefficient (Wildman–Crippen LogP) is 4.35. The highest BCUT2D eigenvalue weighted by atomic mass is 79.9. The van der Waals surface area contributed by atoms with Crippen LogP contribution in [0.25, 0.3) is 0 Å². The molecule has 0 fully saturated rings. The van der Waals surface area contributed by atoms with Gasteiger partial charge in [-0.3, -0.25) is 0 Å². The molecule has 10 heteroatoms. The van der Waals surface area contributed by atoms with E-state index in [0.717, 1.165) is 5.56 Å². The van der Waals surface area contributed by atoms with Gasteiger partial charge >= 0.3 is 0 Å². The Morgan fingerprint density at radius 1 is 1.29 bits per heavy atom. The number of aryl methyl sites for hydroxylation is 1. The van der Waals surface area contributed by atoms with Crippen LogP contribution in [0, 0.1) is 5.82 Å². The number of ether oxygens (including phenoxy) is 2. The van der Waals surface area contributed by atoms with Crippen molar-refractivity contribution in [2.24, 2.45) is 7.05 Å². The van der Waals surface area contributed by atoms with Crippen LogP contribution < -0.4 is 14.8 Å². The molecule has 3 rings (SSSR count). The highest BCUT2D eigenvalue weighted by Crippen LogP contribution is 2.38. The first kappa shape index (κ1) is 20.3. The number of tetrazole rings is 1. The third-order valence-electron chi connectivity index (χ3n) is 3.86. The molecule has 0 unspecified atom stereocenters. The molecule has 0 saturated carbocycles. The lowest BCUT2D eigenvalue weighted by Crippen LogP contribution is -2.07. The van der Waals surface area contributed by atoms with Gasteiger partial charge in [0.25, 0.3) is 0 Å². The van der Waals surface area contributed by atoms with Crippen LogP contribution in [0.5, 0.6) is 11.5 Å². The molecule has 0 aliphatic rings. The lowest BCUT2D eigenvalue weighted by molar-refractivity contribution is 0.264. The fourth-order valence-electron chi connectivity index (χ4n) is 2.50. The Bertz CT molecular complexity index is 949. The monoisotopic (exact) mass is 469 g/mol. The second-order valence-corrected chi connectivity index (χ2v) is 7.07. The molecule has 148 valence electrons. The fourth-order valence-corrected chi connectivity index (χ4v) is 3.32. The van der Waals surface area contributed by atoms with Gasteiger partial charge in [-0.05, 0) is 63.1 Å². The fraction of sp³-hybridized carbons (Fsp3) is 0.278. The Labute approximate surface area is 174 Å². The molecule has 0 aliphatic heterocycles. The second kappa shape index (κ2) is 9.20. The van der Waals surface area contributed by atoms with E-state index in [1.54, 1.807) is 19.2 Å². The zero-order valence-electron chi connectivity index (χ0n) is 15.2. The van der Waals surface area contributed by atoms with Gasteiger partial charge < -0.3 is 14.8 Å². The Hall–Kier alpha value is -2.39. The molecule has 0 amide bonds. The number of anilines is 1. The van der Waals surface area contributed by atoms with Crippen LogP contribution in [0.15, 0.2) is 34.8 Å². The van der Waals surface area contributed by atoms with Gasteiger partial charge in [0, 0.05) is 19.2 Å². The molecule has 7 nitrogen and oxygen atoms in total. The normalized spacial score (nSPS) is 10.8. The minimum atomic E-state index is -0.417. The maximum atomic E-state index is 14.0. The van der Waals surface area contributed by atoms with Crippen molar-refractivity contribution < 1.29 is 13.9 Å². The van der Waals surface area contributed by atoms with Crippen LogP contribution in [-0.2, 0) is 20.2 Å². The molecule has 2 aromatic carbocycles. The minimum absolute atomic E-state index is 0.0214. The second-order valence-electron chi connectivity index (χ2n) is 5.81. The van der Waals surface area contributed by atoms with E-state index in [9.17, 15) is 4.39 Å². The Morgan fingerprint density at radius 2 is 2.11 bits per heavy atom. The maximum Gasteiger partial charge on any atom is 0.242 e. The first-order valence-electron chi connectivity index (χ1n) is 8.46. The molecule has 0 atom stereocenters. The largest absolute Gasteiger partial charge is 0.490 e. The van der Waals surface area contributed by atoms with Crippen molar-refractivity contribution >= 4 is 33.5 Å². The van der Waals surface area contributed by atoms with Crippen molar-refractivity contribution in [1.29, 1.82) is 0 Å². The average Bonchev–Trinajstić information content (AvgIpc) is 3.06. The van der Waals surface area contributed by atoms with Crippen LogP contribution >= 0.6 is 27.5 Å². The van der Waals surface area contributed by atoms with Gasteiger partial charge in [-0.2, -0.15) is 0 Å². The summed E-state index contributed by atoms with van der Waals surface area (Å²) in [7, 11) is 1.74. The number of nitrogens with one attached hydrogen (secondary N) is 1. The maximum absolute atomic E-state index is 14.0. The molecular formula is C18H18BrClFN5O2. The van der Waals surface area contributed by atoms with Crippen molar-refractivity contribution in [3.63, 3.8) is 0 Å². The first-order chi connectivity index (χ1) is 13.5. The summed E-state index contributed by atoms with van der Waals surface area (Å²) in [4.78, 5) is 0. The van der Waals surface area contributed by atoms with Crippen molar-refractivity contribution in [2.75, 3.05) is 11.9 Å². The van der Waals surface area contributed by atoms with E-state index in [1.165, 1.54) is 10.7 Å². The smallest absolute Gasteiger partial charge is 0.242 e. The van der Waals surface area contributed by atoms with Gasteiger partial charge in [0.2, 0.25) is 5.95 Å². The van der Waals surface area contributed by atoms with E-state index in [0.29, 0.717) is 45.7 Å². The van der Waals surface area contributed by atoms with Crippen LogP contribution in [0.4, 0.5) is 10.3 Å². The molecular weight excluding hydrogens is 453 g/mol. The zero-order chi connectivity index (χ0) is 20.1. The van der Waals surface area contributed by atoms with Crippen LogP contribution in [-0.4, -0.2) is 26.8 Å². The van der Waals surface area contributed by atoms with Gasteiger partial charge in [-0.25, -0.2) is 9.07 Å². The zero-order valence-corrected chi connectivity index (χ0v) is 17.6. The summed E-state index contributed by atoms with van der Waals surface area (Å²) in [5.41, 5.74) is 1.22. The summed E-state index contributed by atoms with van der Waals surface area (Å²) < 4.78 is 27.8. The third-order valence-corrected chi connectivity index (χ3v) is 4.81. The lowest BCUT2D eigenvalue weighted by Gasteiger charge is -2.16. The van der Waals surface area contributed by atoms with E-state index in [2.05, 4.69) is 36.8 Å². The van der Waals surface area contributed by atoms with Gasteiger partial charge in [-0.15, -0.1) is 0 Å². The molecule has 3 aromatic rings. The van der Waals surface area contributed by atoms with Crippen molar-refractivity contribution in [2.45, 2.75) is 20.1 Å². The number of nitrogens with zero attached hydrogens (tertiary/aromatic N) is 4. The quantitative estimate of drug-likeness (QED) is 0.527. The van der Waals surface area contributed by atoms with Crippen LogP contribution in [0.3, 0.4) is 0 Å². The van der Waals surface area contributed by atoms with Gasteiger partial charge in [-0.1, -0.05) is 22.8 Å². The highest BCUT2D eigenvalue weighted by Gasteiger charge is 2.15. The number of aromatic nitrogens is 4. The summed E-state index contributed by atoms with van der Waals surface area (Å²) in [6.45, 7) is 2.79. The number of hydrogen-bond donors (Lipinski definition) is 1. The molecule has 0 aliphatic carbocycles. The van der Waals surface area contributed by atoms with Crippen molar-refractivity contribution in [1.82, 2.24) is 20.2 Å². The van der Waals surface area contributed by atoms with Crippen molar-refractivity contribution in [3.05, 3.63) is 56.8 Å². The number of benzene rings is 2. The van der Waals surface area contributed by atoms with Gasteiger partial charge in [0.05, 0.1) is 16.1 Å². The highest BCUT2D eigenvalue weighted by molar-refractivity contribution is 9.10. The standard InChI is InChI=1S/C18H18BrClFN5O2/c1-3-27-16-8-11(9-22-18-23-24-25-26(18)2)7-13(19)17(16)28-10-12-14(20)5-4-6-15(12)21/h4-8H,3,9-10H2,1-2H3,(H,22,23,25). The third kappa shape index (κ3) is 4.71. The summed E-state index contributed by atoms with van der Waals surface area (Å²) >= 11 is 9.58. The summed E-state index contributed by atoms with van der Waals surface area (Å²) in [5.74, 6) is 1.14. The molecule has 0 saturated heterocycles. The van der Waals surface area contributed by atoms with Crippen LogP contribution in [0.2, 0.25) is 5.02 Å². The minimum Gasteiger partial charge on any atom is -0.490 e. The molecule has 0 radical (unpaired) electrons. The SMILES string of the molecule is CCOc1cc(CNc2nnnn2C)cc(Br)c1OCc1c(F)cccc1Cl. The van der Waals surface area contributed by atoms with E-state index in [1.807, 2.05) is 19.1 Å². The number of hydrogen-bond acceptors (Lipinski definition) is 6. The molecule has 1 aromatic heterocycles. The number of halogens is 3. The van der Waals surface area contributed by atoms with E-state index >= 15 is 0 Å².